The van der Waals surface area contributed by atoms with Crippen molar-refractivity contribution in [2.24, 2.45) is 0 Å². The van der Waals surface area contributed by atoms with Crippen molar-refractivity contribution in [1.82, 2.24) is 5.32 Å². The van der Waals surface area contributed by atoms with E-state index in [2.05, 4.69) is 21.2 Å². The third-order valence-corrected chi connectivity index (χ3v) is 5.74. The Kier molecular flexibility index (Phi) is 8.72. The van der Waals surface area contributed by atoms with Crippen LogP contribution >= 0.6 is 27.5 Å². The molecule has 31 heavy (non-hydrogen) atoms. The summed E-state index contributed by atoms with van der Waals surface area (Å²) >= 11 is 9.67. The van der Waals surface area contributed by atoms with E-state index in [4.69, 9.17) is 21.1 Å². The summed E-state index contributed by atoms with van der Waals surface area (Å²) in [7, 11) is 0. The van der Waals surface area contributed by atoms with E-state index < -0.39 is 6.10 Å². The van der Waals surface area contributed by atoms with Gasteiger partial charge in [0.2, 0.25) is 0 Å². The van der Waals surface area contributed by atoms with Gasteiger partial charge in [-0.2, -0.15) is 0 Å². The summed E-state index contributed by atoms with van der Waals surface area (Å²) in [5.41, 5.74) is 2.52. The van der Waals surface area contributed by atoms with Gasteiger partial charge in [-0.05, 0) is 42.3 Å². The van der Waals surface area contributed by atoms with Gasteiger partial charge in [-0.15, -0.1) is 0 Å². The Balaban J connectivity index is 1.66. The van der Waals surface area contributed by atoms with Gasteiger partial charge in [0.25, 0.3) is 0 Å². The predicted octanol–water partition coefficient (Wildman–Crippen LogP) is 6.04. The molecule has 3 aromatic rings. The minimum atomic E-state index is -0.589. The van der Waals surface area contributed by atoms with Crippen LogP contribution in [0.25, 0.3) is 0 Å². The molecule has 0 amide bonds. The summed E-state index contributed by atoms with van der Waals surface area (Å²) in [4.78, 5) is 0. The number of hydrogen-bond donors (Lipinski definition) is 2. The van der Waals surface area contributed by atoms with Crippen molar-refractivity contribution in [3.8, 4) is 11.5 Å². The zero-order valence-corrected chi connectivity index (χ0v) is 19.4. The predicted molar refractivity (Wildman–Crippen MR) is 124 cm³/mol. The molecular weight excluding hydrogens is 485 g/mol. The van der Waals surface area contributed by atoms with E-state index in [0.717, 1.165) is 15.6 Å². The summed E-state index contributed by atoms with van der Waals surface area (Å²) in [5.74, 6) is 0.771. The smallest absolute Gasteiger partial charge is 0.162 e. The molecule has 2 N–H and O–H groups in total. The highest BCUT2D eigenvalue weighted by molar-refractivity contribution is 9.10. The van der Waals surface area contributed by atoms with E-state index in [-0.39, 0.29) is 12.4 Å². The van der Waals surface area contributed by atoms with Crippen LogP contribution in [0.1, 0.15) is 29.7 Å². The van der Waals surface area contributed by atoms with Crippen molar-refractivity contribution in [3.05, 3.63) is 92.7 Å². The molecule has 0 spiro atoms. The molecule has 0 radical (unpaired) electrons. The Hall–Kier alpha value is -2.12. The maximum atomic E-state index is 13.2. The van der Waals surface area contributed by atoms with Crippen LogP contribution in [0.3, 0.4) is 0 Å². The summed E-state index contributed by atoms with van der Waals surface area (Å²) in [6.07, 6.45) is -0.589. The quantitative estimate of drug-likeness (QED) is 0.350. The lowest BCUT2D eigenvalue weighted by Crippen LogP contribution is -2.21. The van der Waals surface area contributed by atoms with Crippen LogP contribution in [-0.2, 0) is 13.2 Å². The third-order valence-electron chi connectivity index (χ3n) is 4.65. The molecule has 7 heteroatoms. The largest absolute Gasteiger partial charge is 0.490 e. The second-order valence-corrected chi connectivity index (χ2v) is 8.17. The fourth-order valence-electron chi connectivity index (χ4n) is 3.02. The first kappa shape index (κ1) is 23.5. The van der Waals surface area contributed by atoms with E-state index in [0.29, 0.717) is 41.8 Å². The topological polar surface area (TPSA) is 50.7 Å². The molecule has 0 saturated carbocycles. The molecule has 0 aromatic heterocycles. The molecule has 1 atom stereocenters. The van der Waals surface area contributed by atoms with Crippen LogP contribution in [0.4, 0.5) is 4.39 Å². The molecule has 0 bridgehead atoms. The van der Waals surface area contributed by atoms with Crippen molar-refractivity contribution in [1.29, 1.82) is 0 Å². The minimum absolute atomic E-state index is 0.187. The molecule has 0 saturated heterocycles. The van der Waals surface area contributed by atoms with E-state index in [1.165, 1.54) is 12.1 Å². The standard InChI is InChI=1S/C24H24BrClFNO3/c1-2-30-23-10-18(13-28-14-22(29)16-6-4-3-5-7-16)20(25)12-24(23)31-15-17-8-9-19(27)11-21(17)26/h3-12,22,28-29H,2,13-15H2,1H3. The zero-order valence-electron chi connectivity index (χ0n) is 17.1. The monoisotopic (exact) mass is 507 g/mol. The highest BCUT2D eigenvalue weighted by atomic mass is 79.9. The Morgan fingerprint density at radius 3 is 2.48 bits per heavy atom. The first-order chi connectivity index (χ1) is 15.0. The maximum absolute atomic E-state index is 13.2. The second-order valence-electron chi connectivity index (χ2n) is 6.91. The lowest BCUT2D eigenvalue weighted by atomic mass is 10.1. The van der Waals surface area contributed by atoms with E-state index >= 15 is 0 Å². The molecule has 0 aliphatic rings. The molecule has 0 fully saturated rings. The van der Waals surface area contributed by atoms with Gasteiger partial charge < -0.3 is 19.9 Å². The van der Waals surface area contributed by atoms with Crippen LogP contribution in [0.15, 0.2) is 65.1 Å². The third kappa shape index (κ3) is 6.68. The number of ether oxygens (including phenoxy) is 2. The summed E-state index contributed by atoms with van der Waals surface area (Å²) in [6.45, 7) is 3.52. The number of hydrogen-bond acceptors (Lipinski definition) is 4. The van der Waals surface area contributed by atoms with Crippen LogP contribution < -0.4 is 14.8 Å². The Morgan fingerprint density at radius 1 is 1.03 bits per heavy atom. The van der Waals surface area contributed by atoms with Gasteiger partial charge in [0.05, 0.1) is 17.7 Å². The summed E-state index contributed by atoms with van der Waals surface area (Å²) in [6, 6.07) is 17.5. The molecule has 0 aliphatic carbocycles. The number of aliphatic hydroxyl groups excluding tert-OH is 1. The number of rotatable bonds is 10. The fraction of sp³-hybridized carbons (Fsp3) is 0.250. The molecule has 164 valence electrons. The number of nitrogens with one attached hydrogen (secondary N) is 1. The number of halogens is 3. The summed E-state index contributed by atoms with van der Waals surface area (Å²) < 4.78 is 25.8. The second kappa shape index (κ2) is 11.5. The van der Waals surface area contributed by atoms with Crippen LogP contribution in [-0.4, -0.2) is 18.3 Å². The van der Waals surface area contributed by atoms with Crippen molar-refractivity contribution >= 4 is 27.5 Å². The fourth-order valence-corrected chi connectivity index (χ4v) is 3.71. The Labute approximate surface area is 195 Å². The van der Waals surface area contributed by atoms with Crippen molar-refractivity contribution < 1.29 is 19.0 Å². The molecule has 4 nitrogen and oxygen atoms in total. The highest BCUT2D eigenvalue weighted by Gasteiger charge is 2.13. The maximum Gasteiger partial charge on any atom is 0.162 e. The average Bonchev–Trinajstić information content (AvgIpc) is 2.76. The molecule has 0 heterocycles. The van der Waals surface area contributed by atoms with Crippen LogP contribution in [0, 0.1) is 5.82 Å². The van der Waals surface area contributed by atoms with Gasteiger partial charge in [-0.25, -0.2) is 4.39 Å². The first-order valence-corrected chi connectivity index (χ1v) is 11.1. The molecule has 1 unspecified atom stereocenters. The highest BCUT2D eigenvalue weighted by Crippen LogP contribution is 2.35. The zero-order chi connectivity index (χ0) is 22.2. The molecule has 3 aromatic carbocycles. The van der Waals surface area contributed by atoms with E-state index in [1.807, 2.05) is 49.4 Å². The van der Waals surface area contributed by atoms with Crippen LogP contribution in [0.5, 0.6) is 11.5 Å². The first-order valence-electron chi connectivity index (χ1n) is 9.93. The van der Waals surface area contributed by atoms with Gasteiger partial charge in [-0.1, -0.05) is 63.9 Å². The molecular formula is C24H24BrClFNO3. The average molecular weight is 509 g/mol. The molecule has 0 aliphatic heterocycles. The van der Waals surface area contributed by atoms with Gasteiger partial charge >= 0.3 is 0 Å². The van der Waals surface area contributed by atoms with Gasteiger partial charge in [-0.3, -0.25) is 0 Å². The van der Waals surface area contributed by atoms with Gasteiger partial charge in [0.15, 0.2) is 11.5 Å². The van der Waals surface area contributed by atoms with Gasteiger partial charge in [0.1, 0.15) is 12.4 Å². The normalized spacial score (nSPS) is 11.9. The van der Waals surface area contributed by atoms with Gasteiger partial charge in [0, 0.05) is 23.1 Å². The Morgan fingerprint density at radius 2 is 1.77 bits per heavy atom. The van der Waals surface area contributed by atoms with Crippen molar-refractivity contribution in [2.75, 3.05) is 13.2 Å². The number of aliphatic hydroxyl groups is 1. The number of benzene rings is 3. The van der Waals surface area contributed by atoms with Crippen molar-refractivity contribution in [2.45, 2.75) is 26.2 Å². The molecule has 3 rings (SSSR count). The lowest BCUT2D eigenvalue weighted by molar-refractivity contribution is 0.174. The summed E-state index contributed by atoms with van der Waals surface area (Å²) in [5, 5.41) is 13.9. The van der Waals surface area contributed by atoms with E-state index in [1.54, 1.807) is 6.07 Å². The van der Waals surface area contributed by atoms with Crippen molar-refractivity contribution in [3.63, 3.8) is 0 Å². The lowest BCUT2D eigenvalue weighted by Gasteiger charge is -2.17. The van der Waals surface area contributed by atoms with E-state index in [9.17, 15) is 9.50 Å². The van der Waals surface area contributed by atoms with Crippen LogP contribution in [0.2, 0.25) is 5.02 Å². The Bertz CT molecular complexity index is 1000. The SMILES string of the molecule is CCOc1cc(CNCC(O)c2ccccc2)c(Br)cc1OCc1ccc(F)cc1Cl. The minimum Gasteiger partial charge on any atom is -0.490 e.